The van der Waals surface area contributed by atoms with E-state index in [2.05, 4.69) is 25.8 Å². The first kappa shape index (κ1) is 34.2. The van der Waals surface area contributed by atoms with Gasteiger partial charge >= 0.3 is 27.5 Å². The molecule has 1 aromatic carbocycles. The van der Waals surface area contributed by atoms with Gasteiger partial charge in [0.1, 0.15) is 5.75 Å². The van der Waals surface area contributed by atoms with Gasteiger partial charge in [-0.1, -0.05) is 20.8 Å². The second-order valence-corrected chi connectivity index (χ2v) is 7.10. The summed E-state index contributed by atoms with van der Waals surface area (Å²) in [5.74, 6) is 0.777. The highest BCUT2D eigenvalue weighted by Gasteiger charge is 2.22. The largest absolute Gasteiger partial charge is 0.673 e. The summed E-state index contributed by atoms with van der Waals surface area (Å²) in [5.41, 5.74) is 0.707. The number of rotatable bonds is 2. The fraction of sp³-hybridized carbons (Fsp3) is 0.333. The first-order valence-corrected chi connectivity index (χ1v) is 8.95. The molecule has 2 rings (SSSR count). The second-order valence-electron chi connectivity index (χ2n) is 7.10. The van der Waals surface area contributed by atoms with E-state index in [9.17, 15) is 61.4 Å². The van der Waals surface area contributed by atoms with E-state index >= 15 is 0 Å². The highest BCUT2D eigenvalue weighted by Crippen LogP contribution is 2.32. The third-order valence-corrected chi connectivity index (χ3v) is 3.09. The predicted octanol–water partition coefficient (Wildman–Crippen LogP) is 5.73. The number of hydrogen-bond acceptors (Lipinski definition) is 3. The molecule has 2 aromatic rings. The zero-order valence-corrected chi connectivity index (χ0v) is 18.3. The van der Waals surface area contributed by atoms with E-state index < -0.39 is 33.0 Å². The number of halogens is 12. The smallest absolute Gasteiger partial charge is 0.496 e. The summed E-state index contributed by atoms with van der Waals surface area (Å²) in [6.45, 7) is 6.22. The number of nitrogens with zero attached hydrogens (tertiary/aromatic N) is 1. The van der Waals surface area contributed by atoms with Gasteiger partial charge in [-0.2, -0.15) is 0 Å². The van der Waals surface area contributed by atoms with E-state index in [1.165, 1.54) is 16.8 Å². The molecule has 0 unspecified atom stereocenters. The molecule has 1 N–H and O–H groups in total. The van der Waals surface area contributed by atoms with Crippen molar-refractivity contribution in [3.8, 4) is 11.4 Å². The van der Waals surface area contributed by atoms with Crippen LogP contribution in [0.15, 0.2) is 40.1 Å². The number of benzene rings is 1. The number of nitrogens with one attached hydrogen (secondary N) is 1. The molecule has 0 fully saturated rings. The van der Waals surface area contributed by atoms with Crippen LogP contribution >= 0.6 is 0 Å². The van der Waals surface area contributed by atoms with E-state index in [1.807, 2.05) is 12.1 Å². The summed E-state index contributed by atoms with van der Waals surface area (Å²) in [6, 6.07) is 6.84. The Morgan fingerprint density at radius 2 is 1.17 bits per heavy atom. The van der Waals surface area contributed by atoms with Crippen LogP contribution < -0.4 is 16.0 Å². The quantitative estimate of drug-likeness (QED) is 0.395. The van der Waals surface area contributed by atoms with Gasteiger partial charge < -0.3 is 56.5 Å². The molecule has 0 aliphatic carbocycles. The van der Waals surface area contributed by atoms with E-state index in [4.69, 9.17) is 4.74 Å². The van der Waals surface area contributed by atoms with Gasteiger partial charge in [-0.3, -0.25) is 14.3 Å². The molecular formula is C15H18B3F12N2O3-3. The number of aromatic amines is 1. The lowest BCUT2D eigenvalue weighted by atomic mass is 9.86. The van der Waals surface area contributed by atoms with Crippen LogP contribution in [-0.4, -0.2) is 38.4 Å². The molecule has 0 spiro atoms. The second kappa shape index (κ2) is 13.2. The van der Waals surface area contributed by atoms with Crippen LogP contribution in [0.1, 0.15) is 26.3 Å². The van der Waals surface area contributed by atoms with Gasteiger partial charge in [-0.25, -0.2) is 4.79 Å². The molecule has 0 bridgehead atoms. The van der Waals surface area contributed by atoms with Crippen molar-refractivity contribution in [3.63, 3.8) is 0 Å². The molecule has 0 saturated carbocycles. The zero-order valence-electron chi connectivity index (χ0n) is 18.3. The van der Waals surface area contributed by atoms with Gasteiger partial charge in [0.25, 0.3) is 5.56 Å². The Hall–Kier alpha value is -2.95. The highest BCUT2D eigenvalue weighted by molar-refractivity contribution is 6.50. The third-order valence-electron chi connectivity index (χ3n) is 3.09. The lowest BCUT2D eigenvalue weighted by molar-refractivity contribution is 0.366. The van der Waals surface area contributed by atoms with Crippen molar-refractivity contribution < 1.29 is 56.5 Å². The number of H-pyrrole nitrogens is 1. The van der Waals surface area contributed by atoms with Crippen LogP contribution in [0.3, 0.4) is 0 Å². The van der Waals surface area contributed by atoms with E-state index in [0.717, 1.165) is 11.3 Å². The molecule has 0 saturated heterocycles. The first-order chi connectivity index (χ1) is 15.3. The van der Waals surface area contributed by atoms with Gasteiger partial charge in [0.2, 0.25) is 0 Å². The normalized spacial score (nSPS) is 11.7. The Bertz CT molecular complexity index is 981. The summed E-state index contributed by atoms with van der Waals surface area (Å²) in [7, 11) is -16.4. The van der Waals surface area contributed by atoms with Crippen molar-refractivity contribution in [3.05, 3.63) is 56.9 Å². The van der Waals surface area contributed by atoms with Crippen molar-refractivity contribution in [1.82, 2.24) is 9.55 Å². The molecule has 35 heavy (non-hydrogen) atoms. The minimum absolute atomic E-state index is 0.118. The maximum atomic E-state index is 11.8. The molecule has 20 heteroatoms. The van der Waals surface area contributed by atoms with Crippen molar-refractivity contribution in [2.24, 2.45) is 0 Å². The van der Waals surface area contributed by atoms with Crippen molar-refractivity contribution in [2.45, 2.75) is 26.2 Å². The van der Waals surface area contributed by atoms with Crippen molar-refractivity contribution >= 4 is 21.8 Å². The van der Waals surface area contributed by atoms with E-state index in [0.29, 0.717) is 5.69 Å². The number of aromatic nitrogens is 2. The van der Waals surface area contributed by atoms with Crippen LogP contribution in [-0.2, 0) is 5.41 Å². The Morgan fingerprint density at radius 1 is 0.771 bits per heavy atom. The summed E-state index contributed by atoms with van der Waals surface area (Å²) in [4.78, 5) is 25.2. The van der Waals surface area contributed by atoms with Crippen LogP contribution in [0, 0.1) is 0 Å². The monoisotopic (exact) mass is 535 g/mol. The summed E-state index contributed by atoms with van der Waals surface area (Å²) >= 11 is 0. The topological polar surface area (TPSA) is 64.1 Å². The Labute approximate surface area is 190 Å². The van der Waals surface area contributed by atoms with E-state index in [-0.39, 0.29) is 5.41 Å². The summed E-state index contributed by atoms with van der Waals surface area (Å²) in [5, 5.41) is 0. The lowest BCUT2D eigenvalue weighted by Gasteiger charge is -2.23. The third kappa shape index (κ3) is 21.3. The zero-order chi connectivity index (χ0) is 28.4. The van der Waals surface area contributed by atoms with Crippen molar-refractivity contribution in [1.29, 1.82) is 0 Å². The average molecular weight is 535 g/mol. The van der Waals surface area contributed by atoms with Crippen molar-refractivity contribution in [2.75, 3.05) is 7.11 Å². The fourth-order valence-electron chi connectivity index (χ4n) is 2.05. The number of methoxy groups -OCH3 is 1. The summed E-state index contributed by atoms with van der Waals surface area (Å²) < 4.78 is 124. The van der Waals surface area contributed by atoms with Crippen LogP contribution in [0.4, 0.5) is 51.8 Å². The Balaban J connectivity index is 0. The van der Waals surface area contributed by atoms with Crippen LogP contribution in [0.2, 0.25) is 0 Å². The minimum atomic E-state index is -6.00. The van der Waals surface area contributed by atoms with E-state index in [1.54, 1.807) is 13.2 Å². The standard InChI is InChI=1S/C15H18N2O3.3BF4/c1-15(2,3)11-9-10(5-6-12(11)20-4)17-8-7-13(18)16-14(17)19;3*2-1(3,4)5/h5-9H,1-4H3,(H,16,18,19);;;/q;3*-1. The highest BCUT2D eigenvalue weighted by atomic mass is 19.5. The van der Waals surface area contributed by atoms with Gasteiger partial charge in [0, 0.05) is 17.8 Å². The molecule has 0 amide bonds. The van der Waals surface area contributed by atoms with Gasteiger partial charge in [0.05, 0.1) is 12.8 Å². The van der Waals surface area contributed by atoms with Gasteiger partial charge in [-0.05, 0) is 23.6 Å². The number of hydrogen-bond donors (Lipinski definition) is 1. The molecule has 5 nitrogen and oxygen atoms in total. The molecule has 1 heterocycles. The Kier molecular flexibility index (Phi) is 12.9. The minimum Gasteiger partial charge on any atom is -0.496 e. The van der Waals surface area contributed by atoms with Crippen LogP contribution in [0.25, 0.3) is 5.69 Å². The maximum absolute atomic E-state index is 11.8. The average Bonchev–Trinajstić information content (AvgIpc) is 2.56. The Morgan fingerprint density at radius 3 is 1.49 bits per heavy atom. The lowest BCUT2D eigenvalue weighted by Crippen LogP contribution is -2.27. The maximum Gasteiger partial charge on any atom is 0.673 e. The SMILES string of the molecule is COc1ccc(-n2ccc(=O)[nH]c2=O)cc1C(C)(C)C.F[B-](F)(F)F.F[B-](F)(F)F.F[B-](F)(F)F. The van der Waals surface area contributed by atoms with Crippen LogP contribution in [0.5, 0.6) is 5.75 Å². The predicted molar refractivity (Wildman–Crippen MR) is 108 cm³/mol. The van der Waals surface area contributed by atoms with Gasteiger partial charge in [-0.15, -0.1) is 0 Å². The molecule has 0 aliphatic heterocycles. The fourth-order valence-corrected chi connectivity index (χ4v) is 2.05. The molecule has 1 aromatic heterocycles. The molecule has 0 atom stereocenters. The first-order valence-electron chi connectivity index (χ1n) is 8.95. The summed E-state index contributed by atoms with van der Waals surface area (Å²) in [6.07, 6.45) is 1.47. The molecule has 0 aliphatic rings. The number of ether oxygens (including phenoxy) is 1. The molecule has 202 valence electrons. The molecule has 0 radical (unpaired) electrons. The molecular weight excluding hydrogens is 517 g/mol. The van der Waals surface area contributed by atoms with Gasteiger partial charge in [0.15, 0.2) is 0 Å².